The van der Waals surface area contributed by atoms with Crippen molar-refractivity contribution in [2.75, 3.05) is 17.6 Å². The minimum atomic E-state index is -0.600. The molecule has 1 fully saturated rings. The van der Waals surface area contributed by atoms with Crippen LogP contribution < -0.4 is 10.6 Å². The third-order valence-electron chi connectivity index (χ3n) is 6.03. The summed E-state index contributed by atoms with van der Waals surface area (Å²) in [6.45, 7) is 4.56. The Balaban J connectivity index is 1.58. The van der Waals surface area contributed by atoms with Crippen LogP contribution in [0.5, 0.6) is 0 Å². The van der Waals surface area contributed by atoms with Gasteiger partial charge in [-0.25, -0.2) is 9.78 Å². The Labute approximate surface area is 210 Å². The largest absolute Gasteiger partial charge is 0.392 e. The van der Waals surface area contributed by atoms with Crippen molar-refractivity contribution in [3.63, 3.8) is 0 Å². The van der Waals surface area contributed by atoms with Crippen LogP contribution in [-0.2, 0) is 23.1 Å². The molecule has 2 amide bonds. The second-order valence-corrected chi connectivity index (χ2v) is 9.55. The number of hydrogen-bond acceptors (Lipinski definition) is 6. The van der Waals surface area contributed by atoms with E-state index >= 15 is 0 Å². The minimum absolute atomic E-state index is 0.00141. The van der Waals surface area contributed by atoms with Crippen molar-refractivity contribution in [1.29, 1.82) is 0 Å². The number of aliphatic hydroxyl groups is 1. The van der Waals surface area contributed by atoms with E-state index < -0.39 is 6.29 Å². The van der Waals surface area contributed by atoms with E-state index in [1.165, 1.54) is 0 Å². The van der Waals surface area contributed by atoms with E-state index in [4.69, 9.17) is 9.47 Å². The minimum Gasteiger partial charge on any atom is -0.392 e. The van der Waals surface area contributed by atoms with Crippen LogP contribution in [0.3, 0.4) is 0 Å². The maximum absolute atomic E-state index is 12.0. The summed E-state index contributed by atoms with van der Waals surface area (Å²) in [6, 6.07) is 15.1. The van der Waals surface area contributed by atoms with E-state index in [-0.39, 0.29) is 30.8 Å². The van der Waals surface area contributed by atoms with Gasteiger partial charge in [-0.1, -0.05) is 55.1 Å². The van der Waals surface area contributed by atoms with Gasteiger partial charge < -0.3 is 29.8 Å². The highest BCUT2D eigenvalue weighted by atomic mass is 32.2. The Kier molecular flexibility index (Phi) is 8.46. The average Bonchev–Trinajstić information content (AvgIpc) is 3.28. The number of thioether (sulfide) groups is 1. The lowest BCUT2D eigenvalue weighted by Crippen LogP contribution is -2.38. The van der Waals surface area contributed by atoms with Gasteiger partial charge >= 0.3 is 6.03 Å². The maximum atomic E-state index is 12.0. The number of hydrogen-bond donors (Lipinski definition) is 3. The molecule has 186 valence electrons. The van der Waals surface area contributed by atoms with Gasteiger partial charge in [0.25, 0.3) is 0 Å². The van der Waals surface area contributed by atoms with Crippen molar-refractivity contribution < 1.29 is 19.4 Å². The lowest BCUT2D eigenvalue weighted by atomic mass is 9.91. The number of amides is 2. The van der Waals surface area contributed by atoms with Gasteiger partial charge in [0.05, 0.1) is 18.8 Å². The third kappa shape index (κ3) is 6.24. The molecule has 4 atom stereocenters. The number of aliphatic hydroxyl groups excluding tert-OH is 1. The first-order valence-corrected chi connectivity index (χ1v) is 12.7. The average molecular weight is 497 g/mol. The van der Waals surface area contributed by atoms with Crippen LogP contribution in [0.15, 0.2) is 66.1 Å². The molecule has 0 radical (unpaired) electrons. The summed E-state index contributed by atoms with van der Waals surface area (Å²) in [5, 5.41) is 15.9. The summed E-state index contributed by atoms with van der Waals surface area (Å²) < 4.78 is 15.0. The first-order chi connectivity index (χ1) is 17.0. The molecule has 1 aliphatic rings. The number of aromatic nitrogens is 2. The van der Waals surface area contributed by atoms with Gasteiger partial charge in [-0.2, -0.15) is 0 Å². The molecule has 0 saturated carbocycles. The van der Waals surface area contributed by atoms with E-state index in [0.29, 0.717) is 18.0 Å². The van der Waals surface area contributed by atoms with Crippen LogP contribution in [0.25, 0.3) is 0 Å². The molecular weight excluding hydrogens is 464 g/mol. The van der Waals surface area contributed by atoms with E-state index in [2.05, 4.69) is 22.5 Å². The van der Waals surface area contributed by atoms with Gasteiger partial charge in [-0.15, -0.1) is 0 Å². The van der Waals surface area contributed by atoms with E-state index in [1.54, 1.807) is 18.0 Å². The number of aryl methyl sites for hydroxylation is 1. The quantitative estimate of drug-likeness (QED) is 0.393. The van der Waals surface area contributed by atoms with Crippen molar-refractivity contribution in [2.45, 2.75) is 44.1 Å². The fraction of sp³-hybridized carbons (Fsp3) is 0.385. The summed E-state index contributed by atoms with van der Waals surface area (Å²) in [5.74, 6) is 0.796. The molecule has 9 heteroatoms. The zero-order chi connectivity index (χ0) is 24.8. The van der Waals surface area contributed by atoms with Gasteiger partial charge in [0.1, 0.15) is 0 Å². The first-order valence-electron chi connectivity index (χ1n) is 11.7. The molecule has 35 heavy (non-hydrogen) atoms. The highest BCUT2D eigenvalue weighted by Crippen LogP contribution is 2.43. The molecule has 3 aromatic rings. The van der Waals surface area contributed by atoms with E-state index in [1.807, 2.05) is 73.3 Å². The molecule has 8 nitrogen and oxygen atoms in total. The molecule has 1 saturated heterocycles. The Bertz CT molecular complexity index is 1120. The SMILES string of the molecule is CCNC(=O)Nc1cccc([C@H]2O[C@@H](CSc3nccn3C)[C@@H](C)[C@@H](c3ccc(CO)cc3)O2)c1. The molecule has 0 aliphatic carbocycles. The van der Waals surface area contributed by atoms with Crippen LogP contribution in [0.1, 0.15) is 42.9 Å². The van der Waals surface area contributed by atoms with Crippen LogP contribution >= 0.6 is 11.8 Å². The first kappa shape index (κ1) is 25.2. The van der Waals surface area contributed by atoms with Crippen molar-refractivity contribution in [3.8, 4) is 0 Å². The summed E-state index contributed by atoms with van der Waals surface area (Å²) >= 11 is 1.65. The highest BCUT2D eigenvalue weighted by molar-refractivity contribution is 7.99. The number of urea groups is 1. The molecule has 0 bridgehead atoms. The topological polar surface area (TPSA) is 97.6 Å². The standard InChI is InChI=1S/C26H32N4O4S/c1-4-27-25(32)29-21-7-5-6-20(14-21)24-33-22(16-35-26-28-12-13-30(26)3)17(2)23(34-24)19-10-8-18(15-31)9-11-19/h5-14,17,22-24,31H,4,15-16H2,1-3H3,(H2,27,29,32)/t17-,22+,23+,24+/m1/s1. The van der Waals surface area contributed by atoms with Crippen molar-refractivity contribution >= 4 is 23.5 Å². The molecule has 2 heterocycles. The second-order valence-electron chi connectivity index (χ2n) is 8.56. The van der Waals surface area contributed by atoms with E-state index in [9.17, 15) is 9.90 Å². The number of imidazole rings is 1. The number of benzene rings is 2. The fourth-order valence-corrected chi connectivity index (χ4v) is 5.15. The lowest BCUT2D eigenvalue weighted by Gasteiger charge is -2.41. The summed E-state index contributed by atoms with van der Waals surface area (Å²) in [7, 11) is 1.98. The number of anilines is 1. The van der Waals surface area contributed by atoms with Crippen LogP contribution in [0, 0.1) is 5.92 Å². The Morgan fingerprint density at radius 2 is 1.97 bits per heavy atom. The van der Waals surface area contributed by atoms with Gasteiger partial charge in [0, 0.05) is 48.9 Å². The van der Waals surface area contributed by atoms with Crippen molar-refractivity contribution in [1.82, 2.24) is 14.9 Å². The number of carbonyl (C=O) groups excluding carboxylic acids is 1. The Hall–Kier alpha value is -2.85. The number of nitrogens with one attached hydrogen (secondary N) is 2. The Morgan fingerprint density at radius 1 is 1.17 bits per heavy atom. The summed E-state index contributed by atoms with van der Waals surface area (Å²) in [5.41, 5.74) is 3.39. The second kappa shape index (κ2) is 11.7. The number of nitrogens with zero attached hydrogens (tertiary/aromatic N) is 2. The van der Waals surface area contributed by atoms with Gasteiger partial charge in [0.2, 0.25) is 0 Å². The highest BCUT2D eigenvalue weighted by Gasteiger charge is 2.38. The molecule has 4 rings (SSSR count). The van der Waals surface area contributed by atoms with Crippen LogP contribution in [-0.4, -0.2) is 39.1 Å². The van der Waals surface area contributed by atoms with E-state index in [0.717, 1.165) is 21.8 Å². The number of carbonyl (C=O) groups is 1. The smallest absolute Gasteiger partial charge is 0.319 e. The zero-order valence-corrected chi connectivity index (χ0v) is 21.0. The molecular formula is C26H32N4O4S. The molecule has 2 aromatic carbocycles. The Morgan fingerprint density at radius 3 is 2.66 bits per heavy atom. The van der Waals surface area contributed by atoms with Crippen molar-refractivity contribution in [2.24, 2.45) is 13.0 Å². The van der Waals surface area contributed by atoms with Gasteiger partial charge in [0.15, 0.2) is 11.4 Å². The fourth-order valence-electron chi connectivity index (χ4n) is 4.06. The predicted octanol–water partition coefficient (Wildman–Crippen LogP) is 4.64. The van der Waals surface area contributed by atoms with Gasteiger partial charge in [-0.05, 0) is 30.2 Å². The molecule has 0 spiro atoms. The van der Waals surface area contributed by atoms with Gasteiger partial charge in [-0.3, -0.25) is 0 Å². The number of rotatable bonds is 8. The zero-order valence-electron chi connectivity index (χ0n) is 20.2. The summed E-state index contributed by atoms with van der Waals surface area (Å²) in [6.07, 6.45) is 2.82. The van der Waals surface area contributed by atoms with Crippen molar-refractivity contribution in [3.05, 3.63) is 77.6 Å². The summed E-state index contributed by atoms with van der Waals surface area (Å²) in [4.78, 5) is 16.4. The third-order valence-corrected chi connectivity index (χ3v) is 7.18. The van der Waals surface area contributed by atoms with Crippen LogP contribution in [0.2, 0.25) is 0 Å². The molecule has 1 aromatic heterocycles. The number of ether oxygens (including phenoxy) is 2. The maximum Gasteiger partial charge on any atom is 0.319 e. The van der Waals surface area contributed by atoms with Crippen LogP contribution in [0.4, 0.5) is 10.5 Å². The molecule has 0 unspecified atom stereocenters. The monoisotopic (exact) mass is 496 g/mol. The normalized spacial score (nSPS) is 22.1. The predicted molar refractivity (Wildman–Crippen MR) is 136 cm³/mol. The molecule has 3 N–H and O–H groups in total. The lowest BCUT2D eigenvalue weighted by molar-refractivity contribution is -0.268. The molecule has 1 aliphatic heterocycles.